The maximum Gasteiger partial charge on any atom is 0.310 e. The number of carbonyl (C=O) groups excluding carboxylic acids is 1. The van der Waals surface area contributed by atoms with Crippen LogP contribution in [-0.2, 0) is 9.59 Å². The van der Waals surface area contributed by atoms with Crippen LogP contribution < -0.4 is 5.32 Å². The van der Waals surface area contributed by atoms with Crippen molar-refractivity contribution in [2.45, 2.75) is 25.7 Å². The van der Waals surface area contributed by atoms with E-state index in [2.05, 4.69) is 20.5 Å². The molecule has 1 saturated carbocycles. The van der Waals surface area contributed by atoms with E-state index in [1.165, 1.54) is 6.33 Å². The van der Waals surface area contributed by atoms with Gasteiger partial charge in [0.1, 0.15) is 6.33 Å². The molecule has 1 aromatic carbocycles. The number of nitrogens with zero attached hydrogens (tertiary/aromatic N) is 2. The molecule has 1 heterocycles. The summed E-state index contributed by atoms with van der Waals surface area (Å²) in [5.41, 5.74) is 0.526. The second kappa shape index (κ2) is 5.59. The minimum atomic E-state index is -0.885. The summed E-state index contributed by atoms with van der Waals surface area (Å²) in [5, 5.41) is 18.6. The molecule has 0 unspecified atom stereocenters. The Labute approximate surface area is 126 Å². The number of nitrogens with one attached hydrogen (secondary N) is 2. The topological polar surface area (TPSA) is 108 Å². The molecule has 1 amide bonds. The number of aromatic nitrogens is 3. The van der Waals surface area contributed by atoms with Crippen molar-refractivity contribution in [3.05, 3.63) is 30.6 Å². The van der Waals surface area contributed by atoms with Crippen LogP contribution in [0.2, 0.25) is 0 Å². The van der Waals surface area contributed by atoms with Crippen molar-refractivity contribution in [3.63, 3.8) is 0 Å². The largest absolute Gasteiger partial charge is 0.481 e. The number of aliphatic carboxylic acids is 1. The van der Waals surface area contributed by atoms with Gasteiger partial charge in [0, 0.05) is 17.7 Å². The lowest BCUT2D eigenvalue weighted by Gasteiger charge is -2.36. The minimum Gasteiger partial charge on any atom is -0.481 e. The Kier molecular flexibility index (Phi) is 3.62. The maximum absolute atomic E-state index is 12.1. The lowest BCUT2D eigenvalue weighted by molar-refractivity contribution is -0.157. The first-order valence-corrected chi connectivity index (χ1v) is 7.08. The first-order valence-electron chi connectivity index (χ1n) is 7.08. The van der Waals surface area contributed by atoms with Crippen molar-refractivity contribution in [2.75, 3.05) is 5.32 Å². The molecule has 3 rings (SSSR count). The number of hydrogen-bond donors (Lipinski definition) is 3. The number of anilines is 1. The Morgan fingerprint density at radius 3 is 2.77 bits per heavy atom. The van der Waals surface area contributed by atoms with E-state index in [4.69, 9.17) is 0 Å². The van der Waals surface area contributed by atoms with E-state index < -0.39 is 11.4 Å². The molecule has 0 atom stereocenters. The normalized spacial score (nSPS) is 15.8. The van der Waals surface area contributed by atoms with Gasteiger partial charge in [-0.2, -0.15) is 5.10 Å². The van der Waals surface area contributed by atoms with E-state index in [9.17, 15) is 14.7 Å². The smallest absolute Gasteiger partial charge is 0.310 e. The molecule has 1 aliphatic carbocycles. The highest BCUT2D eigenvalue weighted by atomic mass is 16.4. The number of hydrogen-bond acceptors (Lipinski definition) is 4. The van der Waals surface area contributed by atoms with Gasteiger partial charge in [-0.3, -0.25) is 14.7 Å². The van der Waals surface area contributed by atoms with Gasteiger partial charge in [0.2, 0.25) is 5.91 Å². The number of amides is 1. The van der Waals surface area contributed by atoms with Crippen LogP contribution in [0, 0.1) is 5.41 Å². The van der Waals surface area contributed by atoms with Crippen molar-refractivity contribution in [3.8, 4) is 11.4 Å². The van der Waals surface area contributed by atoms with E-state index in [0.29, 0.717) is 24.4 Å². The van der Waals surface area contributed by atoms with Crippen LogP contribution in [-0.4, -0.2) is 32.2 Å². The van der Waals surface area contributed by atoms with Crippen molar-refractivity contribution in [1.82, 2.24) is 15.2 Å². The first-order chi connectivity index (χ1) is 10.6. The number of H-pyrrole nitrogens is 1. The summed E-state index contributed by atoms with van der Waals surface area (Å²) in [6.45, 7) is 0. The number of aromatic amines is 1. The van der Waals surface area contributed by atoms with Crippen molar-refractivity contribution >= 4 is 17.6 Å². The fourth-order valence-corrected chi connectivity index (χ4v) is 2.67. The van der Waals surface area contributed by atoms with Gasteiger partial charge in [-0.15, -0.1) is 0 Å². The van der Waals surface area contributed by atoms with Gasteiger partial charge in [-0.1, -0.05) is 18.6 Å². The molecule has 1 aliphatic rings. The number of carboxylic acid groups (broad SMARTS) is 1. The van der Waals surface area contributed by atoms with E-state index in [1.807, 2.05) is 6.07 Å². The monoisotopic (exact) mass is 300 g/mol. The lowest BCUT2D eigenvalue weighted by Crippen LogP contribution is -2.41. The quantitative estimate of drug-likeness (QED) is 0.783. The third kappa shape index (κ3) is 2.69. The standard InChI is InChI=1S/C15H16N4O3/c20-12(8-15(14(21)22)5-2-6-15)18-11-4-1-3-10(7-11)13-16-9-17-19-13/h1,3-4,7,9H,2,5-6,8H2,(H,18,20)(H,21,22)(H,16,17,19). The number of carbonyl (C=O) groups is 2. The van der Waals surface area contributed by atoms with Crippen LogP contribution in [0.3, 0.4) is 0 Å². The summed E-state index contributed by atoms with van der Waals surface area (Å²) >= 11 is 0. The van der Waals surface area contributed by atoms with Gasteiger partial charge in [0.05, 0.1) is 5.41 Å². The molecule has 0 aliphatic heterocycles. The third-order valence-corrected chi connectivity index (χ3v) is 4.10. The van der Waals surface area contributed by atoms with Crippen LogP contribution >= 0.6 is 0 Å². The van der Waals surface area contributed by atoms with Gasteiger partial charge in [-0.25, -0.2) is 4.98 Å². The Morgan fingerprint density at radius 1 is 1.36 bits per heavy atom. The van der Waals surface area contributed by atoms with Crippen LogP contribution in [0.5, 0.6) is 0 Å². The molecule has 22 heavy (non-hydrogen) atoms. The molecule has 1 fully saturated rings. The highest BCUT2D eigenvalue weighted by Crippen LogP contribution is 2.44. The molecule has 0 saturated heterocycles. The van der Waals surface area contributed by atoms with Crippen LogP contribution in [0.25, 0.3) is 11.4 Å². The molecular formula is C15H16N4O3. The second-order valence-corrected chi connectivity index (χ2v) is 5.58. The van der Waals surface area contributed by atoms with E-state index in [1.54, 1.807) is 18.2 Å². The molecule has 3 N–H and O–H groups in total. The summed E-state index contributed by atoms with van der Waals surface area (Å²) < 4.78 is 0. The van der Waals surface area contributed by atoms with Gasteiger partial charge in [-0.05, 0) is 25.0 Å². The van der Waals surface area contributed by atoms with Gasteiger partial charge >= 0.3 is 5.97 Å². The fraction of sp³-hybridized carbons (Fsp3) is 0.333. The Morgan fingerprint density at radius 2 is 2.18 bits per heavy atom. The average molecular weight is 300 g/mol. The summed E-state index contributed by atoms with van der Waals surface area (Å²) in [7, 11) is 0. The Balaban J connectivity index is 1.69. The van der Waals surface area contributed by atoms with E-state index in [0.717, 1.165) is 12.0 Å². The Hall–Kier alpha value is -2.70. The SMILES string of the molecule is O=C(CC1(C(=O)O)CCC1)Nc1cccc(-c2ncn[nH]2)c1. The van der Waals surface area contributed by atoms with Crippen LogP contribution in [0.1, 0.15) is 25.7 Å². The molecule has 1 aromatic heterocycles. The highest BCUT2D eigenvalue weighted by Gasteiger charge is 2.45. The van der Waals surface area contributed by atoms with Gasteiger partial charge in [0.15, 0.2) is 5.82 Å². The fourth-order valence-electron chi connectivity index (χ4n) is 2.67. The summed E-state index contributed by atoms with van der Waals surface area (Å²) in [6.07, 6.45) is 3.41. The molecular weight excluding hydrogens is 284 g/mol. The predicted octanol–water partition coefficient (Wildman–Crippen LogP) is 2.06. The molecule has 0 radical (unpaired) electrons. The van der Waals surface area contributed by atoms with Crippen molar-refractivity contribution < 1.29 is 14.7 Å². The summed E-state index contributed by atoms with van der Waals surface area (Å²) in [5.74, 6) is -0.557. The summed E-state index contributed by atoms with van der Waals surface area (Å²) in [6, 6.07) is 7.17. The molecule has 2 aromatic rings. The number of carboxylic acids is 1. The maximum atomic E-state index is 12.1. The molecule has 7 nitrogen and oxygen atoms in total. The van der Waals surface area contributed by atoms with Crippen LogP contribution in [0.4, 0.5) is 5.69 Å². The first kappa shape index (κ1) is 14.2. The highest BCUT2D eigenvalue weighted by molar-refractivity contribution is 5.95. The van der Waals surface area contributed by atoms with E-state index in [-0.39, 0.29) is 12.3 Å². The Bertz CT molecular complexity index is 693. The minimum absolute atomic E-state index is 0.00880. The molecule has 7 heteroatoms. The van der Waals surface area contributed by atoms with Gasteiger partial charge in [0.25, 0.3) is 0 Å². The zero-order valence-corrected chi connectivity index (χ0v) is 11.9. The van der Waals surface area contributed by atoms with Crippen LogP contribution in [0.15, 0.2) is 30.6 Å². The molecule has 0 spiro atoms. The molecule has 0 bridgehead atoms. The van der Waals surface area contributed by atoms with Crippen molar-refractivity contribution in [1.29, 1.82) is 0 Å². The lowest BCUT2D eigenvalue weighted by atomic mass is 9.66. The predicted molar refractivity (Wildman–Crippen MR) is 79.0 cm³/mol. The zero-order valence-electron chi connectivity index (χ0n) is 11.9. The van der Waals surface area contributed by atoms with Gasteiger partial charge < -0.3 is 10.4 Å². The zero-order chi connectivity index (χ0) is 15.6. The van der Waals surface area contributed by atoms with E-state index >= 15 is 0 Å². The number of benzene rings is 1. The average Bonchev–Trinajstić information content (AvgIpc) is 2.97. The molecule has 114 valence electrons. The second-order valence-electron chi connectivity index (χ2n) is 5.58. The third-order valence-electron chi connectivity index (χ3n) is 4.10. The number of rotatable bonds is 5. The summed E-state index contributed by atoms with van der Waals surface area (Å²) in [4.78, 5) is 27.5. The van der Waals surface area contributed by atoms with Crippen molar-refractivity contribution in [2.24, 2.45) is 5.41 Å².